The van der Waals surface area contributed by atoms with E-state index >= 15 is 0 Å². The molecule has 0 spiro atoms. The lowest BCUT2D eigenvalue weighted by molar-refractivity contribution is -0.902. The molecule has 4 atom stereocenters. The molecule has 2 N–H and O–H groups in total. The summed E-state index contributed by atoms with van der Waals surface area (Å²) in [4.78, 5) is 17.9. The Labute approximate surface area is 156 Å². The minimum atomic E-state index is -3.15. The molecule has 1 unspecified atom stereocenters. The number of thiazole rings is 1. The average molecular weight is 403 g/mol. The molecule has 6 nitrogen and oxygen atoms in total. The van der Waals surface area contributed by atoms with Gasteiger partial charge < -0.3 is 10.2 Å². The number of quaternary nitrogens is 1. The van der Waals surface area contributed by atoms with Gasteiger partial charge in [-0.05, 0) is 19.1 Å². The summed E-state index contributed by atoms with van der Waals surface area (Å²) in [5.74, 6) is -0.359. The predicted octanol–water partition coefficient (Wildman–Crippen LogP) is 0.393. The van der Waals surface area contributed by atoms with E-state index in [0.717, 1.165) is 20.1 Å². The number of carbonyl (C=O) groups is 1. The molecule has 0 radical (unpaired) electrons. The lowest BCUT2D eigenvalue weighted by Crippen LogP contribution is -3.10. The summed E-state index contributed by atoms with van der Waals surface area (Å²) in [7, 11) is -1.22. The number of sulfone groups is 1. The number of likely N-dealkylation sites (N-methyl/N-ethyl adjacent to an activating group) is 1. The number of fused-ring (bicyclic) bond motifs is 1. The van der Waals surface area contributed by atoms with E-state index in [2.05, 4.69) is 10.3 Å². The topological polar surface area (TPSA) is 80.6 Å². The Kier molecular flexibility index (Phi) is 5.34. The first-order valence-corrected chi connectivity index (χ1v) is 11.1. The van der Waals surface area contributed by atoms with E-state index in [1.54, 1.807) is 11.3 Å². The lowest BCUT2D eigenvalue weighted by Gasteiger charge is -2.21. The highest BCUT2D eigenvalue weighted by molar-refractivity contribution is 7.91. The van der Waals surface area contributed by atoms with E-state index < -0.39 is 21.3 Å². The molecule has 0 bridgehead atoms. The van der Waals surface area contributed by atoms with Crippen LogP contribution >= 0.6 is 22.9 Å². The van der Waals surface area contributed by atoms with E-state index in [1.165, 1.54) is 0 Å². The number of amides is 1. The molecule has 136 valence electrons. The van der Waals surface area contributed by atoms with Crippen LogP contribution in [0.2, 0.25) is 0 Å². The third kappa shape index (κ3) is 4.31. The van der Waals surface area contributed by atoms with Crippen LogP contribution in [0.1, 0.15) is 18.0 Å². The van der Waals surface area contributed by atoms with Crippen molar-refractivity contribution in [1.29, 1.82) is 0 Å². The van der Waals surface area contributed by atoms with Crippen LogP contribution in [0.5, 0.6) is 0 Å². The van der Waals surface area contributed by atoms with Crippen molar-refractivity contribution in [2.75, 3.05) is 25.1 Å². The van der Waals surface area contributed by atoms with Crippen LogP contribution in [0, 0.1) is 0 Å². The lowest BCUT2D eigenvalue weighted by atomic mass is 10.2. The van der Waals surface area contributed by atoms with Crippen molar-refractivity contribution in [2.24, 2.45) is 0 Å². The fourth-order valence-electron chi connectivity index (χ4n) is 2.89. The maximum Gasteiger partial charge on any atom is 0.275 e. The second kappa shape index (κ2) is 7.19. The number of carbonyl (C=O) groups excluding carboxylic acids is 1. The smallest absolute Gasteiger partial charge is 0.275 e. The normalized spacial score (nSPS) is 24.9. The Balaban J connectivity index is 1.61. The van der Waals surface area contributed by atoms with Crippen LogP contribution in [0.25, 0.3) is 10.2 Å². The van der Waals surface area contributed by atoms with Crippen molar-refractivity contribution >= 4 is 48.9 Å². The molecule has 9 heteroatoms. The van der Waals surface area contributed by atoms with Gasteiger partial charge in [0.25, 0.3) is 5.91 Å². The number of para-hydroxylation sites is 1. The van der Waals surface area contributed by atoms with Crippen LogP contribution in [0.4, 0.5) is 0 Å². The summed E-state index contributed by atoms with van der Waals surface area (Å²) < 4.78 is 24.3. The standard InChI is InChI=1S/C16H20ClN3O3S2/c1-10(16-19-12-5-3-4-6-14(12)24-16)20(2)7-15(21)18-13-9-25(22,23)8-11(13)17/h3-6,10-11,13H,7-9H2,1-2H3,(H,18,21)/p+1/t10-,11-,13+/m0/s1. The van der Waals surface area contributed by atoms with Crippen LogP contribution in [-0.2, 0) is 14.6 Å². The highest BCUT2D eigenvalue weighted by atomic mass is 35.5. The molecular formula is C16H21ClN3O3S2+. The number of hydrogen-bond donors (Lipinski definition) is 2. The van der Waals surface area contributed by atoms with Gasteiger partial charge in [0.15, 0.2) is 21.4 Å². The Bertz CT molecular complexity index is 851. The highest BCUT2D eigenvalue weighted by Crippen LogP contribution is 2.24. The molecule has 2 aromatic rings. The van der Waals surface area contributed by atoms with E-state index in [9.17, 15) is 13.2 Å². The minimum absolute atomic E-state index is 0.0576. The number of alkyl halides is 1. The first-order chi connectivity index (χ1) is 11.7. The molecule has 1 aromatic heterocycles. The summed E-state index contributed by atoms with van der Waals surface area (Å²) in [6.07, 6.45) is 0. The van der Waals surface area contributed by atoms with Gasteiger partial charge >= 0.3 is 0 Å². The SMILES string of the molecule is C[C@@H](c1nc2ccccc2s1)[NH+](C)CC(=O)N[C@@H]1CS(=O)(=O)C[C@@H]1Cl. The van der Waals surface area contributed by atoms with Gasteiger partial charge in [-0.3, -0.25) is 4.79 Å². The second-order valence-corrected chi connectivity index (χ2v) is 10.3. The second-order valence-electron chi connectivity index (χ2n) is 6.53. The number of benzene rings is 1. The average Bonchev–Trinajstić information content (AvgIpc) is 3.06. The summed E-state index contributed by atoms with van der Waals surface area (Å²) >= 11 is 7.67. The molecular weight excluding hydrogens is 382 g/mol. The fraction of sp³-hybridized carbons (Fsp3) is 0.500. The molecule has 1 fully saturated rings. The third-order valence-corrected chi connectivity index (χ3v) is 8.08. The summed E-state index contributed by atoms with van der Waals surface area (Å²) in [5.41, 5.74) is 0.966. The van der Waals surface area contributed by atoms with Gasteiger partial charge in [-0.25, -0.2) is 13.4 Å². The van der Waals surface area contributed by atoms with Crippen molar-refractivity contribution in [3.05, 3.63) is 29.3 Å². The Morgan fingerprint density at radius 3 is 2.80 bits per heavy atom. The number of nitrogens with zero attached hydrogens (tertiary/aromatic N) is 1. The van der Waals surface area contributed by atoms with Crippen molar-refractivity contribution in [3.63, 3.8) is 0 Å². The van der Waals surface area contributed by atoms with Gasteiger partial charge in [-0.2, -0.15) is 0 Å². The van der Waals surface area contributed by atoms with Gasteiger partial charge in [0, 0.05) is 0 Å². The van der Waals surface area contributed by atoms with Crippen molar-refractivity contribution < 1.29 is 18.1 Å². The largest absolute Gasteiger partial charge is 0.346 e. The van der Waals surface area contributed by atoms with E-state index in [0.29, 0.717) is 0 Å². The first-order valence-electron chi connectivity index (χ1n) is 8.07. The van der Waals surface area contributed by atoms with E-state index in [1.807, 2.05) is 38.2 Å². The number of halogens is 1. The number of rotatable bonds is 5. The van der Waals surface area contributed by atoms with E-state index in [-0.39, 0.29) is 30.0 Å². The van der Waals surface area contributed by atoms with Gasteiger partial charge in [0.2, 0.25) is 0 Å². The molecule has 1 aliphatic heterocycles. The van der Waals surface area contributed by atoms with Crippen molar-refractivity contribution in [3.8, 4) is 0 Å². The quantitative estimate of drug-likeness (QED) is 0.709. The number of hydrogen-bond acceptors (Lipinski definition) is 5. The predicted molar refractivity (Wildman–Crippen MR) is 100 cm³/mol. The zero-order valence-corrected chi connectivity index (χ0v) is 16.4. The molecule has 2 heterocycles. The minimum Gasteiger partial charge on any atom is -0.346 e. The summed E-state index contributed by atoms with van der Waals surface area (Å²) in [6, 6.07) is 7.50. The molecule has 3 rings (SSSR count). The maximum atomic E-state index is 12.3. The molecule has 1 aliphatic rings. The zero-order chi connectivity index (χ0) is 18.2. The molecule has 0 aliphatic carbocycles. The Morgan fingerprint density at radius 2 is 2.16 bits per heavy atom. The molecule has 0 saturated carbocycles. The molecule has 1 aromatic carbocycles. The van der Waals surface area contributed by atoms with E-state index in [4.69, 9.17) is 11.6 Å². The summed E-state index contributed by atoms with van der Waals surface area (Å²) in [6.45, 7) is 2.27. The van der Waals surface area contributed by atoms with Gasteiger partial charge in [-0.15, -0.1) is 22.9 Å². The van der Waals surface area contributed by atoms with Crippen LogP contribution in [0.3, 0.4) is 0 Å². The maximum absolute atomic E-state index is 12.3. The van der Waals surface area contributed by atoms with Gasteiger partial charge in [0.1, 0.15) is 6.04 Å². The molecule has 1 saturated heterocycles. The Morgan fingerprint density at radius 1 is 1.44 bits per heavy atom. The van der Waals surface area contributed by atoms with Gasteiger partial charge in [-0.1, -0.05) is 12.1 Å². The zero-order valence-electron chi connectivity index (χ0n) is 14.0. The first kappa shape index (κ1) is 18.6. The number of nitrogens with one attached hydrogen (secondary N) is 2. The number of aromatic nitrogens is 1. The van der Waals surface area contributed by atoms with Crippen LogP contribution < -0.4 is 10.2 Å². The third-order valence-electron chi connectivity index (χ3n) is 4.49. The van der Waals surface area contributed by atoms with Crippen LogP contribution in [0.15, 0.2) is 24.3 Å². The summed E-state index contributed by atoms with van der Waals surface area (Å²) in [5, 5.41) is 3.18. The van der Waals surface area contributed by atoms with Crippen LogP contribution in [-0.4, -0.2) is 55.8 Å². The van der Waals surface area contributed by atoms with Gasteiger partial charge in [0.05, 0.1) is 40.2 Å². The van der Waals surface area contributed by atoms with Crippen molar-refractivity contribution in [2.45, 2.75) is 24.4 Å². The molecule has 1 amide bonds. The molecule has 25 heavy (non-hydrogen) atoms. The fourth-order valence-corrected chi connectivity index (χ4v) is 6.55. The monoisotopic (exact) mass is 402 g/mol. The highest BCUT2D eigenvalue weighted by Gasteiger charge is 2.37. The Hall–Kier alpha value is -1.22. The van der Waals surface area contributed by atoms with Crippen molar-refractivity contribution in [1.82, 2.24) is 10.3 Å².